The van der Waals surface area contributed by atoms with E-state index in [0.717, 1.165) is 44.0 Å². The van der Waals surface area contributed by atoms with Crippen molar-refractivity contribution in [3.05, 3.63) is 59.4 Å². The molecule has 0 saturated carbocycles. The molecule has 0 radical (unpaired) electrons. The van der Waals surface area contributed by atoms with Gasteiger partial charge in [0.05, 0.1) is 32.0 Å². The molecule has 0 bridgehead atoms. The maximum Gasteiger partial charge on any atom is 0.254 e. The number of amides is 1. The lowest BCUT2D eigenvalue weighted by Gasteiger charge is -2.43. The number of phenols is 1. The Hall–Kier alpha value is -2.48. The highest BCUT2D eigenvalue weighted by Crippen LogP contribution is 2.32. The highest BCUT2D eigenvalue weighted by atomic mass is 16.5. The fraction of sp³-hybridized carbons (Fsp3) is 0.455. The number of phenolic OH excluding ortho intramolecular Hbond substituents is 1. The average Bonchev–Trinajstić information content (AvgIpc) is 2.74. The molecule has 1 N–H and O–H groups in total. The summed E-state index contributed by atoms with van der Waals surface area (Å²) in [7, 11) is 0. The number of carbonyl (C=O) groups excluding carboxylic acids is 1. The molecular weight excluding hydrogens is 370 g/mol. The number of nitrogens with zero attached hydrogens (tertiary/aromatic N) is 3. The highest BCUT2D eigenvalue weighted by molar-refractivity contribution is 5.96. The van der Waals surface area contributed by atoms with E-state index in [4.69, 9.17) is 9.47 Å². The Morgan fingerprint density at radius 1 is 1.21 bits per heavy atom. The van der Waals surface area contributed by atoms with Gasteiger partial charge >= 0.3 is 0 Å². The quantitative estimate of drug-likeness (QED) is 0.851. The number of aromatic hydroxyl groups is 1. The molecule has 0 spiro atoms. The van der Waals surface area contributed by atoms with Crippen LogP contribution in [0.3, 0.4) is 0 Å². The van der Waals surface area contributed by atoms with E-state index in [1.165, 1.54) is 0 Å². The molecule has 2 atom stereocenters. The lowest BCUT2D eigenvalue weighted by Crippen LogP contribution is -2.53. The van der Waals surface area contributed by atoms with E-state index in [0.29, 0.717) is 18.7 Å². The first kappa shape index (κ1) is 19.8. The van der Waals surface area contributed by atoms with Crippen LogP contribution in [0.15, 0.2) is 42.7 Å². The second-order valence-corrected chi connectivity index (χ2v) is 7.55. The molecule has 3 heterocycles. The average molecular weight is 397 g/mol. The molecule has 1 amide bonds. The molecule has 0 aliphatic carbocycles. The van der Waals surface area contributed by atoms with Gasteiger partial charge in [0.1, 0.15) is 5.75 Å². The van der Waals surface area contributed by atoms with E-state index in [9.17, 15) is 9.90 Å². The van der Waals surface area contributed by atoms with Gasteiger partial charge < -0.3 is 19.5 Å². The standard InChI is InChI=1S/C22H27N3O4/c1-16-13-18(26)4-5-19(16)22(27)25-9-12-29-20(15-24-7-10-28-11-8-24)21(25)17-3-2-6-23-14-17/h2-6,13-14,20-21,26H,7-12,15H2,1H3/t20-,21-/m0/s1. The summed E-state index contributed by atoms with van der Waals surface area (Å²) in [5.41, 5.74) is 2.33. The fourth-order valence-electron chi connectivity index (χ4n) is 4.14. The predicted octanol–water partition coefficient (Wildman–Crippen LogP) is 2.01. The topological polar surface area (TPSA) is 75.1 Å². The molecule has 154 valence electrons. The normalized spacial score (nSPS) is 23.1. The highest BCUT2D eigenvalue weighted by Gasteiger charge is 2.38. The van der Waals surface area contributed by atoms with Crippen molar-refractivity contribution in [1.82, 2.24) is 14.8 Å². The van der Waals surface area contributed by atoms with Crippen molar-refractivity contribution < 1.29 is 19.4 Å². The molecule has 1 aromatic carbocycles. The van der Waals surface area contributed by atoms with Crippen molar-refractivity contribution >= 4 is 5.91 Å². The van der Waals surface area contributed by atoms with E-state index in [-0.39, 0.29) is 23.8 Å². The summed E-state index contributed by atoms with van der Waals surface area (Å²) in [6.45, 7) is 6.76. The van der Waals surface area contributed by atoms with Gasteiger partial charge in [-0.1, -0.05) is 6.07 Å². The Kier molecular flexibility index (Phi) is 6.08. The number of carbonyl (C=O) groups is 1. The Balaban J connectivity index is 1.64. The summed E-state index contributed by atoms with van der Waals surface area (Å²) in [5.74, 6) is 0.113. The van der Waals surface area contributed by atoms with E-state index in [2.05, 4.69) is 9.88 Å². The molecule has 7 nitrogen and oxygen atoms in total. The Morgan fingerprint density at radius 2 is 2.03 bits per heavy atom. The zero-order valence-corrected chi connectivity index (χ0v) is 16.7. The maximum absolute atomic E-state index is 13.5. The summed E-state index contributed by atoms with van der Waals surface area (Å²) in [6, 6.07) is 8.55. The molecule has 2 aliphatic rings. The minimum Gasteiger partial charge on any atom is -0.508 e. The van der Waals surface area contributed by atoms with Gasteiger partial charge in [-0.3, -0.25) is 14.7 Å². The van der Waals surface area contributed by atoms with Crippen molar-refractivity contribution in [1.29, 1.82) is 0 Å². The van der Waals surface area contributed by atoms with Crippen molar-refractivity contribution in [3.8, 4) is 5.75 Å². The van der Waals surface area contributed by atoms with Crippen LogP contribution in [0.2, 0.25) is 0 Å². The van der Waals surface area contributed by atoms with Gasteiger partial charge in [-0.25, -0.2) is 0 Å². The zero-order valence-electron chi connectivity index (χ0n) is 16.7. The van der Waals surface area contributed by atoms with E-state index >= 15 is 0 Å². The Morgan fingerprint density at radius 3 is 2.76 bits per heavy atom. The first-order chi connectivity index (χ1) is 14.1. The first-order valence-corrected chi connectivity index (χ1v) is 10.1. The van der Waals surface area contributed by atoms with Crippen LogP contribution in [0.4, 0.5) is 0 Å². The minimum atomic E-state index is -0.221. The van der Waals surface area contributed by atoms with Crippen LogP contribution >= 0.6 is 0 Å². The largest absolute Gasteiger partial charge is 0.508 e. The van der Waals surface area contributed by atoms with Gasteiger partial charge in [-0.05, 0) is 42.3 Å². The van der Waals surface area contributed by atoms with Crippen molar-refractivity contribution in [3.63, 3.8) is 0 Å². The van der Waals surface area contributed by atoms with Gasteiger partial charge in [-0.2, -0.15) is 0 Å². The molecule has 4 rings (SSSR count). The number of ether oxygens (including phenoxy) is 2. The van der Waals surface area contributed by atoms with E-state index < -0.39 is 0 Å². The summed E-state index contributed by atoms with van der Waals surface area (Å²) >= 11 is 0. The Labute approximate surface area is 170 Å². The molecule has 2 saturated heterocycles. The third kappa shape index (κ3) is 4.42. The van der Waals surface area contributed by atoms with E-state index in [1.807, 2.05) is 30.2 Å². The summed E-state index contributed by atoms with van der Waals surface area (Å²) in [4.78, 5) is 22.0. The smallest absolute Gasteiger partial charge is 0.254 e. The summed E-state index contributed by atoms with van der Waals surface area (Å²) in [5, 5.41) is 9.72. The van der Waals surface area contributed by atoms with Gasteiger partial charge in [0.2, 0.25) is 0 Å². The number of benzene rings is 1. The van der Waals surface area contributed by atoms with Gasteiger partial charge in [0.25, 0.3) is 5.91 Å². The van der Waals surface area contributed by atoms with E-state index in [1.54, 1.807) is 24.4 Å². The third-order valence-corrected chi connectivity index (χ3v) is 5.62. The maximum atomic E-state index is 13.5. The van der Waals surface area contributed by atoms with Crippen molar-refractivity contribution in [2.75, 3.05) is 46.0 Å². The second-order valence-electron chi connectivity index (χ2n) is 7.55. The van der Waals surface area contributed by atoms with Crippen LogP contribution < -0.4 is 0 Å². The molecule has 2 fully saturated rings. The van der Waals surface area contributed by atoms with Gasteiger partial charge in [-0.15, -0.1) is 0 Å². The van der Waals surface area contributed by atoms with Crippen LogP contribution in [0.25, 0.3) is 0 Å². The fourth-order valence-corrected chi connectivity index (χ4v) is 4.14. The van der Waals surface area contributed by atoms with Crippen molar-refractivity contribution in [2.24, 2.45) is 0 Å². The second kappa shape index (κ2) is 8.90. The van der Waals surface area contributed by atoms with Crippen LogP contribution in [-0.4, -0.2) is 77.9 Å². The zero-order chi connectivity index (χ0) is 20.2. The number of aromatic nitrogens is 1. The lowest BCUT2D eigenvalue weighted by molar-refractivity contribution is -0.0819. The molecule has 1 aromatic heterocycles. The van der Waals surface area contributed by atoms with Crippen LogP contribution in [0.1, 0.15) is 27.5 Å². The number of morpholine rings is 2. The minimum absolute atomic E-state index is 0.0494. The molecule has 7 heteroatoms. The lowest BCUT2D eigenvalue weighted by atomic mass is 9.97. The van der Waals surface area contributed by atoms with Gasteiger partial charge in [0, 0.05) is 44.1 Å². The van der Waals surface area contributed by atoms with Crippen LogP contribution in [0, 0.1) is 6.92 Å². The summed E-state index contributed by atoms with van der Waals surface area (Å²) < 4.78 is 11.6. The number of aryl methyl sites for hydroxylation is 1. The predicted molar refractivity (Wildman–Crippen MR) is 108 cm³/mol. The third-order valence-electron chi connectivity index (χ3n) is 5.62. The SMILES string of the molecule is Cc1cc(O)ccc1C(=O)N1CCO[C@@H](CN2CCOCC2)[C@@H]1c1cccnc1. The molecular formula is C22H27N3O4. The number of rotatable bonds is 4. The number of pyridine rings is 1. The molecule has 2 aliphatic heterocycles. The van der Waals surface area contributed by atoms with Crippen LogP contribution in [0.5, 0.6) is 5.75 Å². The van der Waals surface area contributed by atoms with Crippen LogP contribution in [-0.2, 0) is 9.47 Å². The first-order valence-electron chi connectivity index (χ1n) is 10.1. The number of hydrogen-bond donors (Lipinski definition) is 1. The molecule has 2 aromatic rings. The van der Waals surface area contributed by atoms with Crippen molar-refractivity contribution in [2.45, 2.75) is 19.1 Å². The summed E-state index contributed by atoms with van der Waals surface area (Å²) in [6.07, 6.45) is 3.41. The monoisotopic (exact) mass is 397 g/mol. The Bertz CT molecular complexity index is 839. The molecule has 29 heavy (non-hydrogen) atoms. The van der Waals surface area contributed by atoms with Gasteiger partial charge in [0.15, 0.2) is 0 Å². The number of hydrogen-bond acceptors (Lipinski definition) is 6. The molecule has 0 unspecified atom stereocenters.